The lowest BCUT2D eigenvalue weighted by molar-refractivity contribution is 1.18. The number of hydrogen-bond donors (Lipinski definition) is 0. The molecule has 0 bridgehead atoms. The van der Waals surface area contributed by atoms with Crippen LogP contribution in [0.5, 0.6) is 0 Å². The fourth-order valence-corrected chi connectivity index (χ4v) is 7.54. The zero-order valence-corrected chi connectivity index (χ0v) is 25.4. The molecule has 8 aromatic carbocycles. The van der Waals surface area contributed by atoms with Gasteiger partial charge in [-0.05, 0) is 97.0 Å². The van der Waals surface area contributed by atoms with Crippen molar-refractivity contribution in [2.75, 3.05) is 0 Å². The van der Waals surface area contributed by atoms with E-state index in [0.717, 1.165) is 10.2 Å². The Labute approximate surface area is 263 Å². The lowest BCUT2D eigenvalue weighted by atomic mass is 9.84. The normalized spacial score (nSPS) is 11.8. The molecule has 0 atom stereocenters. The number of hydrogen-bond acceptors (Lipinski definition) is 0. The van der Waals surface area contributed by atoms with E-state index < -0.39 is 0 Å². The van der Waals surface area contributed by atoms with Crippen LogP contribution in [0.15, 0.2) is 162 Å². The van der Waals surface area contributed by atoms with E-state index in [1.165, 1.54) is 76.4 Å². The van der Waals surface area contributed by atoms with Gasteiger partial charge in [0.1, 0.15) is 0 Å². The zero-order valence-electron chi connectivity index (χ0n) is 23.8. The van der Waals surface area contributed by atoms with Gasteiger partial charge >= 0.3 is 0 Å². The molecule has 9 rings (SSSR count). The molecule has 1 nitrogen and oxygen atoms in total. The maximum Gasteiger partial charge on any atom is 0.0541 e. The maximum atomic E-state index is 3.75. The molecule has 0 fully saturated rings. The van der Waals surface area contributed by atoms with Crippen LogP contribution in [0.3, 0.4) is 0 Å². The van der Waals surface area contributed by atoms with E-state index in [1.54, 1.807) is 0 Å². The summed E-state index contributed by atoms with van der Waals surface area (Å²) in [5.74, 6) is 0. The fraction of sp³-hybridized carbons (Fsp3) is 0. The highest BCUT2D eigenvalue weighted by molar-refractivity contribution is 9.10. The van der Waals surface area contributed by atoms with Crippen molar-refractivity contribution >= 4 is 70.1 Å². The summed E-state index contributed by atoms with van der Waals surface area (Å²) in [7, 11) is 0. The Morgan fingerprint density at radius 2 is 0.932 bits per heavy atom. The van der Waals surface area contributed by atoms with Gasteiger partial charge < -0.3 is 4.57 Å². The van der Waals surface area contributed by atoms with Gasteiger partial charge in [-0.3, -0.25) is 0 Å². The summed E-state index contributed by atoms with van der Waals surface area (Å²) in [5.41, 5.74) is 8.63. The Balaban J connectivity index is 1.39. The molecule has 0 N–H and O–H groups in total. The second-order valence-corrected chi connectivity index (χ2v) is 12.3. The summed E-state index contributed by atoms with van der Waals surface area (Å²) in [5, 5.41) is 10.1. The average molecular weight is 625 g/mol. The molecule has 2 heteroatoms. The van der Waals surface area contributed by atoms with Crippen LogP contribution in [0.4, 0.5) is 0 Å². The third-order valence-electron chi connectivity index (χ3n) is 9.02. The summed E-state index contributed by atoms with van der Waals surface area (Å²) in [6.07, 6.45) is 0. The van der Waals surface area contributed by atoms with Gasteiger partial charge in [0.25, 0.3) is 0 Å². The summed E-state index contributed by atoms with van der Waals surface area (Å²) < 4.78 is 3.46. The third-order valence-corrected chi connectivity index (χ3v) is 9.51. The molecule has 206 valence electrons. The minimum atomic E-state index is 1.08. The molecule has 0 saturated heterocycles. The minimum absolute atomic E-state index is 1.08. The van der Waals surface area contributed by atoms with Crippen LogP contribution in [-0.4, -0.2) is 4.57 Å². The lowest BCUT2D eigenvalue weighted by Crippen LogP contribution is -1.93. The first-order valence-corrected chi connectivity index (χ1v) is 15.8. The van der Waals surface area contributed by atoms with Gasteiger partial charge in [0.2, 0.25) is 0 Å². The summed E-state index contributed by atoms with van der Waals surface area (Å²) in [6.45, 7) is 0. The molecule has 0 saturated carbocycles. The van der Waals surface area contributed by atoms with Crippen molar-refractivity contribution in [1.82, 2.24) is 4.57 Å². The first kappa shape index (κ1) is 25.3. The second kappa shape index (κ2) is 9.94. The minimum Gasteiger partial charge on any atom is -0.309 e. The van der Waals surface area contributed by atoms with E-state index in [4.69, 9.17) is 0 Å². The largest absolute Gasteiger partial charge is 0.309 e. The molecule has 9 aromatic rings. The van der Waals surface area contributed by atoms with Gasteiger partial charge in [-0.25, -0.2) is 0 Å². The van der Waals surface area contributed by atoms with Crippen LogP contribution < -0.4 is 0 Å². The zero-order chi connectivity index (χ0) is 29.2. The molecule has 44 heavy (non-hydrogen) atoms. The molecule has 0 spiro atoms. The molecule has 0 amide bonds. The van der Waals surface area contributed by atoms with Crippen molar-refractivity contribution in [2.24, 2.45) is 0 Å². The summed E-state index contributed by atoms with van der Waals surface area (Å²) in [6, 6.07) is 57.5. The second-order valence-electron chi connectivity index (χ2n) is 11.4. The average Bonchev–Trinajstić information content (AvgIpc) is 3.40. The Bertz CT molecular complexity index is 2500. The van der Waals surface area contributed by atoms with Crippen LogP contribution in [0.25, 0.3) is 82.1 Å². The van der Waals surface area contributed by atoms with Crippen LogP contribution in [0.1, 0.15) is 0 Å². The van der Waals surface area contributed by atoms with Crippen molar-refractivity contribution in [3.8, 4) is 27.9 Å². The van der Waals surface area contributed by atoms with Crippen LogP contribution in [0.2, 0.25) is 0 Å². The van der Waals surface area contributed by atoms with Crippen molar-refractivity contribution in [3.63, 3.8) is 0 Å². The van der Waals surface area contributed by atoms with E-state index in [1.807, 2.05) is 0 Å². The third kappa shape index (κ3) is 3.78. The van der Waals surface area contributed by atoms with Crippen molar-refractivity contribution < 1.29 is 0 Å². The number of aromatic nitrogens is 1. The van der Waals surface area contributed by atoms with Gasteiger partial charge in [0, 0.05) is 20.9 Å². The molecular formula is C42H26BrN. The van der Waals surface area contributed by atoms with Gasteiger partial charge in [0.15, 0.2) is 0 Å². The number of rotatable bonds is 3. The standard InChI is InChI=1S/C42H26BrN/c43-29-22-24-40-38(26-29)37-25-28(21-23-39(37)44(40)30-13-2-1-3-14-30)41-33-16-6-8-18-35(33)42(36-19-9-7-17-34(36)41)32-20-10-12-27-11-4-5-15-31(27)32/h1-26H. The monoisotopic (exact) mass is 623 g/mol. The highest BCUT2D eigenvalue weighted by Gasteiger charge is 2.19. The first-order valence-electron chi connectivity index (χ1n) is 15.0. The topological polar surface area (TPSA) is 4.93 Å². The van der Waals surface area contributed by atoms with Crippen LogP contribution in [-0.2, 0) is 0 Å². The van der Waals surface area contributed by atoms with E-state index in [0.29, 0.717) is 0 Å². The lowest BCUT2D eigenvalue weighted by Gasteiger charge is -2.19. The predicted molar refractivity (Wildman–Crippen MR) is 192 cm³/mol. The van der Waals surface area contributed by atoms with E-state index >= 15 is 0 Å². The van der Waals surface area contributed by atoms with Gasteiger partial charge in [-0.2, -0.15) is 0 Å². The molecule has 0 unspecified atom stereocenters. The summed E-state index contributed by atoms with van der Waals surface area (Å²) in [4.78, 5) is 0. The van der Waals surface area contributed by atoms with Crippen molar-refractivity contribution in [2.45, 2.75) is 0 Å². The molecule has 0 radical (unpaired) electrons. The molecular weight excluding hydrogens is 598 g/mol. The highest BCUT2D eigenvalue weighted by atomic mass is 79.9. The van der Waals surface area contributed by atoms with Gasteiger partial charge in [0.05, 0.1) is 11.0 Å². The summed E-state index contributed by atoms with van der Waals surface area (Å²) >= 11 is 3.75. The Morgan fingerprint density at radius 1 is 0.386 bits per heavy atom. The SMILES string of the molecule is Brc1ccc2c(c1)c1cc(-c3c4ccccc4c(-c4cccc5ccccc45)c4ccccc34)ccc1n2-c1ccccc1. The molecule has 1 aromatic heterocycles. The molecule has 1 heterocycles. The van der Waals surface area contributed by atoms with E-state index in [-0.39, 0.29) is 0 Å². The molecule has 0 aliphatic rings. The van der Waals surface area contributed by atoms with Gasteiger partial charge in [-0.1, -0.05) is 131 Å². The Morgan fingerprint density at radius 3 is 1.64 bits per heavy atom. The van der Waals surface area contributed by atoms with Crippen LogP contribution in [0, 0.1) is 0 Å². The quantitative estimate of drug-likeness (QED) is 0.172. The number of para-hydroxylation sites is 1. The van der Waals surface area contributed by atoms with Crippen LogP contribution >= 0.6 is 15.9 Å². The predicted octanol–water partition coefficient (Wildman–Crippen LogP) is 12.3. The number of nitrogens with zero attached hydrogens (tertiary/aromatic N) is 1. The first-order chi connectivity index (χ1) is 21.8. The molecule has 0 aliphatic carbocycles. The number of benzene rings is 8. The van der Waals surface area contributed by atoms with Gasteiger partial charge in [-0.15, -0.1) is 0 Å². The Hall–Kier alpha value is -5.18. The van der Waals surface area contributed by atoms with Crippen molar-refractivity contribution in [1.29, 1.82) is 0 Å². The maximum absolute atomic E-state index is 3.75. The molecule has 0 aliphatic heterocycles. The van der Waals surface area contributed by atoms with E-state index in [9.17, 15) is 0 Å². The fourth-order valence-electron chi connectivity index (χ4n) is 7.18. The van der Waals surface area contributed by atoms with Crippen molar-refractivity contribution in [3.05, 3.63) is 162 Å². The number of fused-ring (bicyclic) bond motifs is 6. The van der Waals surface area contributed by atoms with E-state index in [2.05, 4.69) is 178 Å². The highest BCUT2D eigenvalue weighted by Crippen LogP contribution is 2.46. The Kier molecular flexibility index (Phi) is 5.72. The number of halogens is 1. The smallest absolute Gasteiger partial charge is 0.0541 e.